The number of hydrogen-bond acceptors (Lipinski definition) is 7. The largest absolute Gasteiger partial charge is 0.398 e. The molecular weight excluding hydrogens is 394 g/mol. The van der Waals surface area contributed by atoms with E-state index in [1.807, 2.05) is 0 Å². The van der Waals surface area contributed by atoms with Crippen molar-refractivity contribution >= 4 is 48.1 Å². The number of hydrogen-bond donors (Lipinski definition) is 3. The average molecular weight is 407 g/mol. The van der Waals surface area contributed by atoms with E-state index in [9.17, 15) is 16.8 Å². The summed E-state index contributed by atoms with van der Waals surface area (Å²) in [6.45, 7) is 0. The van der Waals surface area contributed by atoms with Gasteiger partial charge in [-0.05, 0) is 48.5 Å². The Morgan fingerprint density at radius 3 is 1.89 bits per heavy atom. The molecular formula is C16H13N3O6S2. The highest BCUT2D eigenvalue weighted by Crippen LogP contribution is 2.33. The van der Waals surface area contributed by atoms with Gasteiger partial charge in [-0.25, -0.2) is 0 Å². The monoisotopic (exact) mass is 407 g/mol. The minimum absolute atomic E-state index is 0.267. The Kier molecular flexibility index (Phi) is 4.70. The summed E-state index contributed by atoms with van der Waals surface area (Å²) in [5, 5.41) is 8.96. The molecule has 0 fully saturated rings. The predicted octanol–water partition coefficient (Wildman–Crippen LogP) is 3.33. The highest BCUT2D eigenvalue weighted by Gasteiger charge is 2.13. The van der Waals surface area contributed by atoms with Gasteiger partial charge in [-0.2, -0.15) is 21.9 Å². The van der Waals surface area contributed by atoms with E-state index in [4.69, 9.17) is 14.8 Å². The number of nitrogens with two attached hydrogens (primary N) is 1. The first kappa shape index (κ1) is 18.9. The maximum absolute atomic E-state index is 11.3. The van der Waals surface area contributed by atoms with Crippen LogP contribution in [0.4, 0.5) is 17.1 Å². The van der Waals surface area contributed by atoms with E-state index < -0.39 is 20.2 Å². The summed E-state index contributed by atoms with van der Waals surface area (Å²) in [6, 6.07) is 12.1. The minimum Gasteiger partial charge on any atom is -0.398 e. The van der Waals surface area contributed by atoms with Crippen LogP contribution in [0, 0.1) is 0 Å². The van der Waals surface area contributed by atoms with Gasteiger partial charge in [0.1, 0.15) is 0 Å². The second-order valence-corrected chi connectivity index (χ2v) is 8.37. The van der Waals surface area contributed by atoms with Gasteiger partial charge in [0.25, 0.3) is 20.2 Å². The van der Waals surface area contributed by atoms with Crippen molar-refractivity contribution in [2.24, 2.45) is 10.2 Å². The number of nitrogens with zero attached hydrogens (tertiary/aromatic N) is 2. The summed E-state index contributed by atoms with van der Waals surface area (Å²) in [4.78, 5) is -0.561. The maximum atomic E-state index is 11.3. The molecule has 11 heteroatoms. The first-order valence-electron chi connectivity index (χ1n) is 7.35. The molecule has 3 aromatic carbocycles. The Morgan fingerprint density at radius 1 is 0.704 bits per heavy atom. The Hall–Kier alpha value is -2.86. The van der Waals surface area contributed by atoms with E-state index in [2.05, 4.69) is 10.2 Å². The van der Waals surface area contributed by atoms with Crippen molar-refractivity contribution in [1.29, 1.82) is 0 Å². The third kappa shape index (κ3) is 4.11. The Bertz CT molecular complexity index is 1270. The molecule has 3 rings (SSSR count). The van der Waals surface area contributed by atoms with Crippen molar-refractivity contribution in [3.8, 4) is 0 Å². The summed E-state index contributed by atoms with van der Waals surface area (Å²) < 4.78 is 62.8. The standard InChI is InChI=1S/C16H13N3O6S2/c17-15-7-8-16(13-6-5-12(9-14(13)15)27(23,24)25)19-18-10-1-3-11(4-2-10)26(20,21)22/h1-9H,17H2,(H,20,21,22)(H,23,24,25)/b19-18+. The van der Waals surface area contributed by atoms with Crippen LogP contribution < -0.4 is 5.73 Å². The molecule has 0 spiro atoms. The van der Waals surface area contributed by atoms with Gasteiger partial charge in [-0.1, -0.05) is 6.07 Å². The second-order valence-electron chi connectivity index (χ2n) is 5.53. The zero-order valence-electron chi connectivity index (χ0n) is 13.5. The molecule has 0 amide bonds. The lowest BCUT2D eigenvalue weighted by atomic mass is 10.1. The van der Waals surface area contributed by atoms with Gasteiger partial charge < -0.3 is 5.73 Å². The SMILES string of the molecule is Nc1ccc(/N=N/c2ccc(S(=O)(=O)O)cc2)c2ccc(S(=O)(=O)O)cc12. The second kappa shape index (κ2) is 6.70. The van der Waals surface area contributed by atoms with Crippen molar-refractivity contribution in [2.75, 3.05) is 5.73 Å². The van der Waals surface area contributed by atoms with Crippen LogP contribution in [0.15, 0.2) is 74.6 Å². The van der Waals surface area contributed by atoms with E-state index in [1.54, 1.807) is 6.07 Å². The van der Waals surface area contributed by atoms with Crippen LogP contribution >= 0.6 is 0 Å². The van der Waals surface area contributed by atoms with E-state index >= 15 is 0 Å². The summed E-state index contributed by atoms with van der Waals surface area (Å²) in [5.74, 6) is 0. The normalized spacial score (nSPS) is 12.7. The Labute approximate surface area is 154 Å². The van der Waals surface area contributed by atoms with Gasteiger partial charge in [0.05, 0.1) is 21.2 Å². The van der Waals surface area contributed by atoms with Crippen LogP contribution in [0.1, 0.15) is 0 Å². The third-order valence-electron chi connectivity index (χ3n) is 3.70. The number of fused-ring (bicyclic) bond motifs is 1. The Balaban J connectivity index is 2.02. The van der Waals surface area contributed by atoms with E-state index in [1.165, 1.54) is 48.5 Å². The summed E-state index contributed by atoms with van der Waals surface area (Å²) in [5.41, 5.74) is 6.89. The number of azo groups is 1. The molecule has 0 unspecified atom stereocenters. The molecule has 27 heavy (non-hydrogen) atoms. The predicted molar refractivity (Wildman–Crippen MR) is 98.6 cm³/mol. The topological polar surface area (TPSA) is 159 Å². The fourth-order valence-electron chi connectivity index (χ4n) is 2.38. The molecule has 0 heterocycles. The van der Waals surface area contributed by atoms with Crippen LogP contribution in [0.5, 0.6) is 0 Å². The highest BCUT2D eigenvalue weighted by atomic mass is 32.2. The Morgan fingerprint density at radius 2 is 1.30 bits per heavy atom. The zero-order chi connectivity index (χ0) is 19.8. The van der Waals surface area contributed by atoms with Crippen molar-refractivity contribution in [2.45, 2.75) is 9.79 Å². The maximum Gasteiger partial charge on any atom is 0.294 e. The van der Waals surface area contributed by atoms with E-state index in [-0.39, 0.29) is 9.79 Å². The van der Waals surface area contributed by atoms with Gasteiger partial charge in [-0.3, -0.25) is 9.11 Å². The fraction of sp³-hybridized carbons (Fsp3) is 0. The van der Waals surface area contributed by atoms with Crippen LogP contribution in [-0.2, 0) is 20.2 Å². The minimum atomic E-state index is -4.37. The molecule has 0 aliphatic heterocycles. The summed E-state index contributed by atoms with van der Waals surface area (Å²) >= 11 is 0. The first-order valence-corrected chi connectivity index (χ1v) is 10.2. The van der Waals surface area contributed by atoms with E-state index in [0.29, 0.717) is 27.8 Å². The molecule has 9 nitrogen and oxygen atoms in total. The number of benzene rings is 3. The van der Waals surface area contributed by atoms with Crippen LogP contribution in [-0.4, -0.2) is 25.9 Å². The molecule has 0 radical (unpaired) electrons. The third-order valence-corrected chi connectivity index (χ3v) is 5.42. The lowest BCUT2D eigenvalue weighted by molar-refractivity contribution is 0.481. The molecule has 0 aromatic heterocycles. The molecule has 0 atom stereocenters. The lowest BCUT2D eigenvalue weighted by Crippen LogP contribution is -1.98. The van der Waals surface area contributed by atoms with Crippen molar-refractivity contribution in [3.63, 3.8) is 0 Å². The van der Waals surface area contributed by atoms with Gasteiger partial charge in [0.15, 0.2) is 0 Å². The molecule has 0 saturated heterocycles. The molecule has 0 bridgehead atoms. The fourth-order valence-corrected chi connectivity index (χ4v) is 3.36. The zero-order valence-corrected chi connectivity index (χ0v) is 15.1. The first-order chi connectivity index (χ1) is 12.6. The van der Waals surface area contributed by atoms with Crippen molar-refractivity contribution in [3.05, 3.63) is 54.6 Å². The molecule has 0 saturated carbocycles. The molecule has 0 aliphatic carbocycles. The molecule has 140 valence electrons. The summed E-state index contributed by atoms with van der Waals surface area (Å²) in [6.07, 6.45) is 0. The smallest absolute Gasteiger partial charge is 0.294 e. The van der Waals surface area contributed by atoms with Crippen molar-refractivity contribution < 1.29 is 25.9 Å². The van der Waals surface area contributed by atoms with Gasteiger partial charge in [-0.15, -0.1) is 5.11 Å². The van der Waals surface area contributed by atoms with Crippen LogP contribution in [0.3, 0.4) is 0 Å². The van der Waals surface area contributed by atoms with Gasteiger partial charge >= 0.3 is 0 Å². The van der Waals surface area contributed by atoms with Crippen molar-refractivity contribution in [1.82, 2.24) is 0 Å². The molecule has 0 aliphatic rings. The van der Waals surface area contributed by atoms with Gasteiger partial charge in [0.2, 0.25) is 0 Å². The highest BCUT2D eigenvalue weighted by molar-refractivity contribution is 7.86. The molecule has 3 aromatic rings. The van der Waals surface area contributed by atoms with Crippen LogP contribution in [0.2, 0.25) is 0 Å². The number of rotatable bonds is 4. The van der Waals surface area contributed by atoms with E-state index in [0.717, 1.165) is 0 Å². The quantitative estimate of drug-likeness (QED) is 0.339. The summed E-state index contributed by atoms with van der Waals surface area (Å²) in [7, 11) is -8.67. The van der Waals surface area contributed by atoms with Crippen LogP contribution in [0.25, 0.3) is 10.8 Å². The molecule has 4 N–H and O–H groups in total. The van der Waals surface area contributed by atoms with Gasteiger partial charge in [0, 0.05) is 16.5 Å². The lowest BCUT2D eigenvalue weighted by Gasteiger charge is -2.06. The number of nitrogen functional groups attached to an aromatic ring is 1. The average Bonchev–Trinajstić information content (AvgIpc) is 2.60. The number of anilines is 1.